The van der Waals surface area contributed by atoms with E-state index in [0.29, 0.717) is 5.82 Å². The molecule has 0 spiro atoms. The molecule has 0 unspecified atom stereocenters. The van der Waals surface area contributed by atoms with E-state index in [0.717, 1.165) is 49.5 Å². The zero-order valence-electron chi connectivity index (χ0n) is 14.4. The topological polar surface area (TPSA) is 85.2 Å². The van der Waals surface area contributed by atoms with Crippen LogP contribution in [0.15, 0.2) is 23.4 Å². The number of carbonyl (C=O) groups excluding carboxylic acids is 1. The van der Waals surface area contributed by atoms with Crippen LogP contribution in [0.2, 0.25) is 0 Å². The minimum absolute atomic E-state index is 0.110. The molecule has 1 saturated heterocycles. The molecular weight excluding hydrogens is 340 g/mol. The summed E-state index contributed by atoms with van der Waals surface area (Å²) in [6, 6.07) is 5.53. The number of nitrogens with one attached hydrogen (secondary N) is 1. The van der Waals surface area contributed by atoms with Crippen LogP contribution in [-0.4, -0.2) is 62.6 Å². The first-order valence-electron chi connectivity index (χ1n) is 8.16. The summed E-state index contributed by atoms with van der Waals surface area (Å²) in [4.78, 5) is 18.6. The van der Waals surface area contributed by atoms with Gasteiger partial charge in [-0.25, -0.2) is 4.98 Å². The first kappa shape index (κ1) is 17.8. The molecule has 1 aliphatic rings. The fourth-order valence-electron chi connectivity index (χ4n) is 2.49. The summed E-state index contributed by atoms with van der Waals surface area (Å²) in [5.74, 6) is 1.61. The number of rotatable bonds is 6. The van der Waals surface area contributed by atoms with Crippen LogP contribution in [0.5, 0.6) is 0 Å². The largest absolute Gasteiger partial charge is 0.379 e. The SMILES string of the molecule is Cc1cccc(NC(=O)CSc2nnc(CN3CCOCC3)n2C)n1. The third kappa shape index (κ3) is 5.00. The molecule has 0 aliphatic carbocycles. The summed E-state index contributed by atoms with van der Waals surface area (Å²) in [7, 11) is 1.93. The molecule has 1 N–H and O–H groups in total. The minimum Gasteiger partial charge on any atom is -0.379 e. The zero-order chi connectivity index (χ0) is 17.6. The molecule has 0 atom stereocenters. The van der Waals surface area contributed by atoms with Crippen molar-refractivity contribution in [2.24, 2.45) is 7.05 Å². The van der Waals surface area contributed by atoms with Crippen LogP contribution in [0, 0.1) is 6.92 Å². The molecule has 3 heterocycles. The normalized spacial score (nSPS) is 15.3. The number of pyridine rings is 1. The van der Waals surface area contributed by atoms with Gasteiger partial charge in [0.1, 0.15) is 11.6 Å². The molecule has 0 bridgehead atoms. The van der Waals surface area contributed by atoms with Crippen LogP contribution in [0.1, 0.15) is 11.5 Å². The van der Waals surface area contributed by atoms with Gasteiger partial charge in [0.25, 0.3) is 0 Å². The Balaban J connectivity index is 1.52. The van der Waals surface area contributed by atoms with Crippen LogP contribution in [-0.2, 0) is 23.1 Å². The van der Waals surface area contributed by atoms with Gasteiger partial charge in [-0.1, -0.05) is 17.8 Å². The Morgan fingerprint density at radius 1 is 1.32 bits per heavy atom. The number of aryl methyl sites for hydroxylation is 1. The molecule has 3 rings (SSSR count). The summed E-state index contributed by atoms with van der Waals surface area (Å²) in [6.45, 7) is 5.95. The monoisotopic (exact) mass is 362 g/mol. The minimum atomic E-state index is -0.110. The molecule has 0 saturated carbocycles. The highest BCUT2D eigenvalue weighted by atomic mass is 32.2. The number of hydrogen-bond acceptors (Lipinski definition) is 7. The second-order valence-electron chi connectivity index (χ2n) is 5.85. The Kier molecular flexibility index (Phi) is 6.00. The third-order valence-corrected chi connectivity index (χ3v) is 4.90. The first-order valence-corrected chi connectivity index (χ1v) is 9.15. The fraction of sp³-hybridized carbons (Fsp3) is 0.500. The Bertz CT molecular complexity index is 729. The number of amides is 1. The second kappa shape index (κ2) is 8.41. The summed E-state index contributed by atoms with van der Waals surface area (Å²) >= 11 is 1.37. The highest BCUT2D eigenvalue weighted by Gasteiger charge is 2.16. The molecule has 8 nitrogen and oxygen atoms in total. The maximum absolute atomic E-state index is 12.1. The van der Waals surface area contributed by atoms with Gasteiger partial charge in [0.05, 0.1) is 25.5 Å². The van der Waals surface area contributed by atoms with Crippen molar-refractivity contribution in [1.82, 2.24) is 24.6 Å². The molecular formula is C16H22N6O2S. The molecule has 2 aromatic rings. The second-order valence-corrected chi connectivity index (χ2v) is 6.79. The van der Waals surface area contributed by atoms with E-state index in [1.165, 1.54) is 11.8 Å². The average Bonchev–Trinajstić information content (AvgIpc) is 2.94. The van der Waals surface area contributed by atoms with Crippen LogP contribution in [0.3, 0.4) is 0 Å². The number of aromatic nitrogens is 4. The van der Waals surface area contributed by atoms with E-state index in [2.05, 4.69) is 25.4 Å². The summed E-state index contributed by atoms with van der Waals surface area (Å²) in [5.41, 5.74) is 0.867. The van der Waals surface area contributed by atoms with Gasteiger partial charge < -0.3 is 14.6 Å². The highest BCUT2D eigenvalue weighted by molar-refractivity contribution is 7.99. The van der Waals surface area contributed by atoms with E-state index < -0.39 is 0 Å². The standard InChI is InChI=1S/C16H22N6O2S/c1-12-4-3-5-13(17-12)18-15(23)11-25-16-20-19-14(21(16)2)10-22-6-8-24-9-7-22/h3-5H,6-11H2,1-2H3,(H,17,18,23). The molecule has 9 heteroatoms. The van der Waals surface area contributed by atoms with Gasteiger partial charge in [-0.05, 0) is 19.1 Å². The highest BCUT2D eigenvalue weighted by Crippen LogP contribution is 2.17. The summed E-state index contributed by atoms with van der Waals surface area (Å²) in [6.07, 6.45) is 0. The number of hydrogen-bond donors (Lipinski definition) is 1. The van der Waals surface area contributed by atoms with Gasteiger partial charge in [-0.3, -0.25) is 9.69 Å². The molecule has 1 amide bonds. The van der Waals surface area contributed by atoms with Gasteiger partial charge in [-0.15, -0.1) is 10.2 Å². The van der Waals surface area contributed by atoms with Crippen molar-refractivity contribution < 1.29 is 9.53 Å². The average molecular weight is 362 g/mol. The van der Waals surface area contributed by atoms with Gasteiger partial charge in [-0.2, -0.15) is 0 Å². The Morgan fingerprint density at radius 3 is 2.88 bits per heavy atom. The quantitative estimate of drug-likeness (QED) is 0.770. The number of thioether (sulfide) groups is 1. The van der Waals surface area contributed by atoms with E-state index in [9.17, 15) is 4.79 Å². The predicted octanol–water partition coefficient (Wildman–Crippen LogP) is 1.08. The van der Waals surface area contributed by atoms with Crippen molar-refractivity contribution in [3.05, 3.63) is 29.7 Å². The van der Waals surface area contributed by atoms with Crippen molar-refractivity contribution in [2.75, 3.05) is 37.4 Å². The van der Waals surface area contributed by atoms with E-state index >= 15 is 0 Å². The molecule has 2 aromatic heterocycles. The van der Waals surface area contributed by atoms with Crippen molar-refractivity contribution in [2.45, 2.75) is 18.6 Å². The molecule has 134 valence electrons. The van der Waals surface area contributed by atoms with Crippen molar-refractivity contribution in [1.29, 1.82) is 0 Å². The maximum atomic E-state index is 12.1. The number of carbonyl (C=O) groups is 1. The van der Waals surface area contributed by atoms with E-state index in [4.69, 9.17) is 4.74 Å². The van der Waals surface area contributed by atoms with Gasteiger partial charge in [0, 0.05) is 25.8 Å². The lowest BCUT2D eigenvalue weighted by atomic mass is 10.4. The van der Waals surface area contributed by atoms with E-state index in [-0.39, 0.29) is 11.7 Å². The van der Waals surface area contributed by atoms with Crippen LogP contribution < -0.4 is 5.32 Å². The Morgan fingerprint density at radius 2 is 2.12 bits per heavy atom. The van der Waals surface area contributed by atoms with E-state index in [1.54, 1.807) is 6.07 Å². The molecule has 1 aliphatic heterocycles. The molecule has 1 fully saturated rings. The lowest BCUT2D eigenvalue weighted by Crippen LogP contribution is -2.36. The maximum Gasteiger partial charge on any atom is 0.236 e. The summed E-state index contributed by atoms with van der Waals surface area (Å²) in [5, 5.41) is 12.0. The summed E-state index contributed by atoms with van der Waals surface area (Å²) < 4.78 is 7.30. The van der Waals surface area contributed by atoms with Gasteiger partial charge in [0.2, 0.25) is 5.91 Å². The number of nitrogens with zero attached hydrogens (tertiary/aromatic N) is 5. The molecule has 0 radical (unpaired) electrons. The van der Waals surface area contributed by atoms with Crippen molar-refractivity contribution in [3.63, 3.8) is 0 Å². The van der Waals surface area contributed by atoms with Crippen LogP contribution in [0.4, 0.5) is 5.82 Å². The first-order chi connectivity index (χ1) is 12.1. The Hall–Kier alpha value is -1.97. The lowest BCUT2D eigenvalue weighted by molar-refractivity contribution is -0.113. The zero-order valence-corrected chi connectivity index (χ0v) is 15.3. The Labute approximate surface area is 151 Å². The lowest BCUT2D eigenvalue weighted by Gasteiger charge is -2.25. The molecule has 25 heavy (non-hydrogen) atoms. The smallest absolute Gasteiger partial charge is 0.236 e. The van der Waals surface area contributed by atoms with E-state index in [1.807, 2.05) is 30.7 Å². The number of anilines is 1. The van der Waals surface area contributed by atoms with Gasteiger partial charge in [0.15, 0.2) is 5.16 Å². The van der Waals surface area contributed by atoms with Crippen LogP contribution >= 0.6 is 11.8 Å². The molecule has 0 aromatic carbocycles. The van der Waals surface area contributed by atoms with Crippen molar-refractivity contribution in [3.8, 4) is 0 Å². The number of morpholine rings is 1. The fourth-order valence-corrected chi connectivity index (χ4v) is 3.22. The predicted molar refractivity (Wildman–Crippen MR) is 95.4 cm³/mol. The van der Waals surface area contributed by atoms with Crippen molar-refractivity contribution >= 4 is 23.5 Å². The number of ether oxygens (including phenoxy) is 1. The van der Waals surface area contributed by atoms with Crippen LogP contribution in [0.25, 0.3) is 0 Å². The third-order valence-electron chi connectivity index (χ3n) is 3.88. The van der Waals surface area contributed by atoms with Gasteiger partial charge >= 0.3 is 0 Å².